The van der Waals surface area contributed by atoms with E-state index in [-0.39, 0.29) is 11.7 Å². The van der Waals surface area contributed by atoms with Gasteiger partial charge in [-0.1, -0.05) is 0 Å². The van der Waals surface area contributed by atoms with Crippen molar-refractivity contribution >= 4 is 17.3 Å². The van der Waals surface area contributed by atoms with Gasteiger partial charge in [0.25, 0.3) is 0 Å². The molecular formula is C18H18FN7. The summed E-state index contributed by atoms with van der Waals surface area (Å²) in [4.78, 5) is 13.0. The third-order valence-corrected chi connectivity index (χ3v) is 4.00. The van der Waals surface area contributed by atoms with Gasteiger partial charge in [0.1, 0.15) is 11.5 Å². The molecule has 0 radical (unpaired) electrons. The maximum Gasteiger partial charge on any atom is 0.175 e. The predicted octanol–water partition coefficient (Wildman–Crippen LogP) is 3.76. The molecule has 0 aromatic carbocycles. The average molecular weight is 351 g/mol. The standard InChI is InChI=1S/C18H18FN7/c1-11(2)26-10-7-15(24-26)22-17-16(14-6-8-20-12(3)21-14)25-9-4-5-13(19)18(25)23-17/h4-11H,1-3H3,(H,22,24). The molecule has 0 atom stereocenters. The van der Waals surface area contributed by atoms with E-state index >= 15 is 0 Å². The van der Waals surface area contributed by atoms with E-state index < -0.39 is 5.82 Å². The molecule has 0 amide bonds. The van der Waals surface area contributed by atoms with E-state index in [1.807, 2.05) is 37.7 Å². The first-order chi connectivity index (χ1) is 12.5. The van der Waals surface area contributed by atoms with Crippen LogP contribution in [0, 0.1) is 12.7 Å². The molecule has 0 fully saturated rings. The Kier molecular flexibility index (Phi) is 3.87. The topological polar surface area (TPSA) is 72.9 Å². The number of aryl methyl sites for hydroxylation is 1. The minimum atomic E-state index is -0.403. The first-order valence-corrected chi connectivity index (χ1v) is 8.31. The normalized spacial score (nSPS) is 11.4. The Balaban J connectivity index is 1.87. The van der Waals surface area contributed by atoms with Crippen molar-refractivity contribution in [2.24, 2.45) is 0 Å². The first kappa shape index (κ1) is 16.2. The van der Waals surface area contributed by atoms with Crippen molar-refractivity contribution in [3.05, 3.63) is 54.5 Å². The highest BCUT2D eigenvalue weighted by Crippen LogP contribution is 2.30. The van der Waals surface area contributed by atoms with Crippen LogP contribution in [0.3, 0.4) is 0 Å². The van der Waals surface area contributed by atoms with Crippen LogP contribution in [0.25, 0.3) is 17.0 Å². The molecule has 0 aliphatic rings. The van der Waals surface area contributed by atoms with Crippen LogP contribution in [-0.4, -0.2) is 29.1 Å². The van der Waals surface area contributed by atoms with Crippen LogP contribution in [0.4, 0.5) is 16.0 Å². The molecule has 0 unspecified atom stereocenters. The van der Waals surface area contributed by atoms with Gasteiger partial charge in [-0.2, -0.15) is 5.10 Å². The van der Waals surface area contributed by atoms with Gasteiger partial charge in [-0.15, -0.1) is 0 Å². The Morgan fingerprint density at radius 1 is 1.12 bits per heavy atom. The SMILES string of the molecule is Cc1nccc(-c2c(Nc3ccn(C(C)C)n3)nc3c(F)cccn23)n1. The van der Waals surface area contributed by atoms with Gasteiger partial charge in [0.2, 0.25) is 0 Å². The van der Waals surface area contributed by atoms with Crippen molar-refractivity contribution in [1.29, 1.82) is 0 Å². The molecule has 0 saturated carbocycles. The Labute approximate surface area is 149 Å². The van der Waals surface area contributed by atoms with E-state index in [1.54, 1.807) is 28.9 Å². The summed E-state index contributed by atoms with van der Waals surface area (Å²) in [5.41, 5.74) is 1.54. The molecule has 4 aromatic rings. The van der Waals surface area contributed by atoms with Crippen LogP contribution in [0.2, 0.25) is 0 Å². The van der Waals surface area contributed by atoms with Gasteiger partial charge in [-0.25, -0.2) is 19.3 Å². The summed E-state index contributed by atoms with van der Waals surface area (Å²) in [6.45, 7) is 5.91. The van der Waals surface area contributed by atoms with E-state index in [1.165, 1.54) is 6.07 Å². The third-order valence-electron chi connectivity index (χ3n) is 4.00. The third kappa shape index (κ3) is 2.79. The van der Waals surface area contributed by atoms with Crippen molar-refractivity contribution in [3.8, 4) is 11.4 Å². The number of pyridine rings is 1. The fourth-order valence-corrected chi connectivity index (χ4v) is 2.77. The lowest BCUT2D eigenvalue weighted by Crippen LogP contribution is -2.02. The molecule has 4 aromatic heterocycles. The number of nitrogens with zero attached hydrogens (tertiary/aromatic N) is 6. The number of fused-ring (bicyclic) bond motifs is 1. The lowest BCUT2D eigenvalue weighted by atomic mass is 10.3. The van der Waals surface area contributed by atoms with Gasteiger partial charge >= 0.3 is 0 Å². The molecule has 4 heterocycles. The second kappa shape index (κ2) is 6.21. The Hall–Kier alpha value is -3.29. The largest absolute Gasteiger partial charge is 0.322 e. The highest BCUT2D eigenvalue weighted by Gasteiger charge is 2.19. The molecule has 4 rings (SSSR count). The minimum Gasteiger partial charge on any atom is -0.322 e. The number of nitrogens with one attached hydrogen (secondary N) is 1. The van der Waals surface area contributed by atoms with E-state index in [9.17, 15) is 4.39 Å². The molecule has 8 heteroatoms. The van der Waals surface area contributed by atoms with Gasteiger partial charge in [0.05, 0.1) is 5.69 Å². The number of anilines is 2. The van der Waals surface area contributed by atoms with Gasteiger partial charge in [-0.05, 0) is 39.0 Å². The summed E-state index contributed by atoms with van der Waals surface area (Å²) in [5.74, 6) is 1.35. The summed E-state index contributed by atoms with van der Waals surface area (Å²) in [7, 11) is 0. The Bertz CT molecular complexity index is 1080. The molecule has 132 valence electrons. The van der Waals surface area contributed by atoms with E-state index in [2.05, 4.69) is 25.4 Å². The highest BCUT2D eigenvalue weighted by atomic mass is 19.1. The average Bonchev–Trinajstić information content (AvgIpc) is 3.20. The summed E-state index contributed by atoms with van der Waals surface area (Å²) < 4.78 is 17.8. The molecule has 7 nitrogen and oxygen atoms in total. The maximum atomic E-state index is 14.3. The Morgan fingerprint density at radius 2 is 1.96 bits per heavy atom. The maximum absolute atomic E-state index is 14.3. The van der Waals surface area contributed by atoms with E-state index in [4.69, 9.17) is 0 Å². The van der Waals surface area contributed by atoms with Crippen molar-refractivity contribution in [1.82, 2.24) is 29.1 Å². The fraction of sp³-hybridized carbons (Fsp3) is 0.222. The summed E-state index contributed by atoms with van der Waals surface area (Å²) >= 11 is 0. The van der Waals surface area contributed by atoms with Crippen LogP contribution >= 0.6 is 0 Å². The molecule has 0 aliphatic heterocycles. The van der Waals surface area contributed by atoms with E-state index in [0.29, 0.717) is 28.8 Å². The zero-order valence-electron chi connectivity index (χ0n) is 14.7. The first-order valence-electron chi connectivity index (χ1n) is 8.31. The molecular weight excluding hydrogens is 333 g/mol. The number of rotatable bonds is 4. The van der Waals surface area contributed by atoms with E-state index in [0.717, 1.165) is 0 Å². The summed E-state index contributed by atoms with van der Waals surface area (Å²) in [6, 6.07) is 6.90. The van der Waals surface area contributed by atoms with Gasteiger partial charge < -0.3 is 5.32 Å². The smallest absolute Gasteiger partial charge is 0.175 e. The van der Waals surface area contributed by atoms with Gasteiger partial charge in [0, 0.05) is 30.7 Å². The van der Waals surface area contributed by atoms with Crippen LogP contribution in [0.5, 0.6) is 0 Å². The molecule has 0 saturated heterocycles. The van der Waals surface area contributed by atoms with Gasteiger partial charge in [0.15, 0.2) is 23.1 Å². The summed E-state index contributed by atoms with van der Waals surface area (Å²) in [5, 5.41) is 7.67. The molecule has 0 bridgehead atoms. The monoisotopic (exact) mass is 351 g/mol. The number of hydrogen-bond donors (Lipinski definition) is 1. The lowest BCUT2D eigenvalue weighted by molar-refractivity contribution is 0.534. The molecule has 26 heavy (non-hydrogen) atoms. The van der Waals surface area contributed by atoms with Crippen LogP contribution in [-0.2, 0) is 0 Å². The lowest BCUT2D eigenvalue weighted by Gasteiger charge is -2.07. The predicted molar refractivity (Wildman–Crippen MR) is 96.8 cm³/mol. The molecule has 0 spiro atoms. The number of hydrogen-bond acceptors (Lipinski definition) is 5. The zero-order chi connectivity index (χ0) is 18.3. The zero-order valence-corrected chi connectivity index (χ0v) is 14.7. The second-order valence-corrected chi connectivity index (χ2v) is 6.25. The molecule has 0 aliphatic carbocycles. The molecule has 1 N–H and O–H groups in total. The Morgan fingerprint density at radius 3 is 2.69 bits per heavy atom. The van der Waals surface area contributed by atoms with Crippen molar-refractivity contribution in [2.45, 2.75) is 26.8 Å². The van der Waals surface area contributed by atoms with Crippen LogP contribution in [0.1, 0.15) is 25.7 Å². The van der Waals surface area contributed by atoms with Crippen molar-refractivity contribution in [2.75, 3.05) is 5.32 Å². The fourth-order valence-electron chi connectivity index (χ4n) is 2.77. The van der Waals surface area contributed by atoms with Crippen molar-refractivity contribution < 1.29 is 4.39 Å². The van der Waals surface area contributed by atoms with Crippen LogP contribution < -0.4 is 5.32 Å². The van der Waals surface area contributed by atoms with Crippen LogP contribution in [0.15, 0.2) is 42.9 Å². The van der Waals surface area contributed by atoms with Crippen molar-refractivity contribution in [3.63, 3.8) is 0 Å². The minimum absolute atomic E-state index is 0.226. The number of imidazole rings is 1. The second-order valence-electron chi connectivity index (χ2n) is 6.25. The number of aromatic nitrogens is 6. The summed E-state index contributed by atoms with van der Waals surface area (Å²) in [6.07, 6.45) is 5.32. The highest BCUT2D eigenvalue weighted by molar-refractivity contribution is 5.77. The quantitative estimate of drug-likeness (QED) is 0.606. The van der Waals surface area contributed by atoms with Gasteiger partial charge in [-0.3, -0.25) is 9.08 Å². The number of halogens is 1.